The SMILES string of the molecule is COCc1ncc(-c2ccnc(Nc3ccc(C(=O)N4CCCN(C)CC4)cc3)n2)n1C(C)C. The molecule has 3 aromatic rings. The second-order valence-electron chi connectivity index (χ2n) is 8.87. The number of imidazole rings is 1. The first kappa shape index (κ1) is 23.8. The third-order valence-electron chi connectivity index (χ3n) is 5.98. The van der Waals surface area contributed by atoms with Crippen molar-refractivity contribution >= 4 is 17.5 Å². The highest BCUT2D eigenvalue weighted by Crippen LogP contribution is 2.25. The normalized spacial score (nSPS) is 14.9. The number of methoxy groups -OCH3 is 1. The van der Waals surface area contributed by atoms with Gasteiger partial charge in [0.05, 0.1) is 17.6 Å². The minimum atomic E-state index is 0.0777. The first-order valence-corrected chi connectivity index (χ1v) is 11.7. The molecule has 1 amide bonds. The van der Waals surface area contributed by atoms with Crippen molar-refractivity contribution in [1.82, 2.24) is 29.3 Å². The molecule has 180 valence electrons. The van der Waals surface area contributed by atoms with Gasteiger partial charge in [-0.3, -0.25) is 4.79 Å². The third-order valence-corrected chi connectivity index (χ3v) is 5.98. The minimum Gasteiger partial charge on any atom is -0.377 e. The summed E-state index contributed by atoms with van der Waals surface area (Å²) in [5.41, 5.74) is 3.20. The van der Waals surface area contributed by atoms with Gasteiger partial charge in [0, 0.05) is 50.2 Å². The van der Waals surface area contributed by atoms with Crippen molar-refractivity contribution in [1.29, 1.82) is 0 Å². The van der Waals surface area contributed by atoms with Gasteiger partial charge >= 0.3 is 0 Å². The summed E-state index contributed by atoms with van der Waals surface area (Å²) in [6, 6.07) is 9.58. The van der Waals surface area contributed by atoms with Crippen LogP contribution in [0.4, 0.5) is 11.6 Å². The maximum Gasteiger partial charge on any atom is 0.253 e. The average molecular weight is 464 g/mol. The van der Waals surface area contributed by atoms with Crippen LogP contribution in [0.1, 0.15) is 42.5 Å². The second-order valence-corrected chi connectivity index (χ2v) is 8.87. The number of likely N-dealkylation sites (N-methyl/N-ethyl adjacent to an activating group) is 1. The van der Waals surface area contributed by atoms with E-state index in [1.165, 1.54) is 0 Å². The van der Waals surface area contributed by atoms with E-state index in [4.69, 9.17) is 9.72 Å². The summed E-state index contributed by atoms with van der Waals surface area (Å²) < 4.78 is 7.41. The second kappa shape index (κ2) is 10.8. The number of carbonyl (C=O) groups is 1. The zero-order valence-corrected chi connectivity index (χ0v) is 20.4. The van der Waals surface area contributed by atoms with Crippen molar-refractivity contribution in [3.05, 3.63) is 54.1 Å². The van der Waals surface area contributed by atoms with Gasteiger partial charge in [0.15, 0.2) is 0 Å². The highest BCUT2D eigenvalue weighted by atomic mass is 16.5. The maximum atomic E-state index is 12.9. The highest BCUT2D eigenvalue weighted by molar-refractivity contribution is 5.94. The average Bonchev–Trinajstić information content (AvgIpc) is 3.13. The molecule has 1 aliphatic heterocycles. The van der Waals surface area contributed by atoms with E-state index < -0.39 is 0 Å². The Kier molecular flexibility index (Phi) is 7.54. The number of carbonyl (C=O) groups excluding carboxylic acids is 1. The Morgan fingerprint density at radius 1 is 1.09 bits per heavy atom. The van der Waals surface area contributed by atoms with Crippen LogP contribution < -0.4 is 5.32 Å². The monoisotopic (exact) mass is 463 g/mol. The Morgan fingerprint density at radius 3 is 2.62 bits per heavy atom. The van der Waals surface area contributed by atoms with Gasteiger partial charge in [0.25, 0.3) is 5.91 Å². The number of aromatic nitrogens is 4. The van der Waals surface area contributed by atoms with Crippen LogP contribution in [0.3, 0.4) is 0 Å². The van der Waals surface area contributed by atoms with Crippen LogP contribution in [0.5, 0.6) is 0 Å². The zero-order valence-electron chi connectivity index (χ0n) is 20.4. The van der Waals surface area contributed by atoms with Gasteiger partial charge < -0.3 is 24.4 Å². The molecule has 2 aromatic heterocycles. The van der Waals surface area contributed by atoms with Crippen LogP contribution in [0.2, 0.25) is 0 Å². The van der Waals surface area contributed by atoms with Crippen molar-refractivity contribution in [2.75, 3.05) is 45.7 Å². The molecule has 0 bridgehead atoms. The topological polar surface area (TPSA) is 88.4 Å². The lowest BCUT2D eigenvalue weighted by Gasteiger charge is -2.20. The van der Waals surface area contributed by atoms with E-state index in [1.807, 2.05) is 41.4 Å². The predicted molar refractivity (Wildman–Crippen MR) is 132 cm³/mol. The maximum absolute atomic E-state index is 12.9. The van der Waals surface area contributed by atoms with Crippen LogP contribution in [0.15, 0.2) is 42.7 Å². The number of amides is 1. The Morgan fingerprint density at radius 2 is 1.88 bits per heavy atom. The lowest BCUT2D eigenvalue weighted by Crippen LogP contribution is -2.34. The number of hydrogen-bond donors (Lipinski definition) is 1. The quantitative estimate of drug-likeness (QED) is 0.573. The van der Waals surface area contributed by atoms with E-state index in [0.717, 1.165) is 55.5 Å². The molecule has 0 unspecified atom stereocenters. The minimum absolute atomic E-state index is 0.0777. The Balaban J connectivity index is 1.48. The van der Waals surface area contributed by atoms with E-state index in [2.05, 4.69) is 45.6 Å². The molecule has 0 saturated carbocycles. The molecule has 1 aliphatic rings. The van der Waals surface area contributed by atoms with Crippen molar-refractivity contribution in [2.45, 2.75) is 32.9 Å². The van der Waals surface area contributed by atoms with Crippen molar-refractivity contribution in [3.63, 3.8) is 0 Å². The van der Waals surface area contributed by atoms with Gasteiger partial charge in [-0.05, 0) is 64.2 Å². The van der Waals surface area contributed by atoms with Gasteiger partial charge in [0.1, 0.15) is 12.4 Å². The Labute approximate surface area is 200 Å². The summed E-state index contributed by atoms with van der Waals surface area (Å²) in [7, 11) is 3.76. The van der Waals surface area contributed by atoms with Crippen molar-refractivity contribution < 1.29 is 9.53 Å². The largest absolute Gasteiger partial charge is 0.377 e. The summed E-state index contributed by atoms with van der Waals surface area (Å²) in [6.45, 7) is 8.14. The predicted octanol–water partition coefficient (Wildman–Crippen LogP) is 3.59. The van der Waals surface area contributed by atoms with Gasteiger partial charge in [0.2, 0.25) is 5.95 Å². The first-order valence-electron chi connectivity index (χ1n) is 11.7. The van der Waals surface area contributed by atoms with Gasteiger partial charge in [-0.25, -0.2) is 15.0 Å². The molecule has 0 spiro atoms. The first-order chi connectivity index (χ1) is 16.5. The molecule has 0 aliphatic carbocycles. The molecule has 34 heavy (non-hydrogen) atoms. The van der Waals surface area contributed by atoms with E-state index in [-0.39, 0.29) is 11.9 Å². The van der Waals surface area contributed by atoms with Crippen LogP contribution in [-0.2, 0) is 11.3 Å². The van der Waals surface area contributed by atoms with Crippen LogP contribution >= 0.6 is 0 Å². The Bertz CT molecular complexity index is 1110. The zero-order chi connectivity index (χ0) is 24.1. The fourth-order valence-corrected chi connectivity index (χ4v) is 4.22. The van der Waals surface area contributed by atoms with Crippen LogP contribution in [-0.4, -0.2) is 75.6 Å². The van der Waals surface area contributed by atoms with E-state index in [9.17, 15) is 4.79 Å². The lowest BCUT2D eigenvalue weighted by atomic mass is 10.1. The summed E-state index contributed by atoms with van der Waals surface area (Å²) in [5, 5.41) is 3.25. The molecule has 4 rings (SSSR count). The molecule has 3 heterocycles. The number of benzene rings is 1. The smallest absolute Gasteiger partial charge is 0.253 e. The molecule has 9 heteroatoms. The molecule has 0 atom stereocenters. The fraction of sp³-hybridized carbons (Fsp3) is 0.440. The number of nitrogens with zero attached hydrogens (tertiary/aromatic N) is 6. The standard InChI is InChI=1S/C25H33N7O2/c1-18(2)32-22(16-27-23(32)17-34-4)21-10-11-26-25(29-21)28-20-8-6-19(7-9-20)24(33)31-13-5-12-30(3)14-15-31/h6-11,16,18H,5,12-15,17H2,1-4H3,(H,26,28,29). The number of rotatable bonds is 7. The highest BCUT2D eigenvalue weighted by Gasteiger charge is 2.19. The van der Waals surface area contributed by atoms with Crippen LogP contribution in [0.25, 0.3) is 11.4 Å². The van der Waals surface area contributed by atoms with Gasteiger partial charge in [-0.2, -0.15) is 0 Å². The van der Waals surface area contributed by atoms with Crippen LogP contribution in [0, 0.1) is 0 Å². The number of hydrogen-bond acceptors (Lipinski definition) is 7. The lowest BCUT2D eigenvalue weighted by molar-refractivity contribution is 0.0763. The van der Waals surface area contributed by atoms with E-state index >= 15 is 0 Å². The van der Waals surface area contributed by atoms with Gasteiger partial charge in [-0.15, -0.1) is 0 Å². The van der Waals surface area contributed by atoms with Crippen molar-refractivity contribution in [3.8, 4) is 11.4 Å². The molecule has 1 saturated heterocycles. The third kappa shape index (κ3) is 5.43. The molecule has 1 N–H and O–H groups in total. The van der Waals surface area contributed by atoms with E-state index in [0.29, 0.717) is 18.1 Å². The molecule has 9 nitrogen and oxygen atoms in total. The summed E-state index contributed by atoms with van der Waals surface area (Å²) in [4.78, 5) is 30.7. The van der Waals surface area contributed by atoms with Gasteiger partial charge in [-0.1, -0.05) is 0 Å². The molecular weight excluding hydrogens is 430 g/mol. The number of nitrogens with one attached hydrogen (secondary N) is 1. The molecule has 0 radical (unpaired) electrons. The van der Waals surface area contributed by atoms with Crippen molar-refractivity contribution in [2.24, 2.45) is 0 Å². The summed E-state index contributed by atoms with van der Waals surface area (Å²) in [5.74, 6) is 1.42. The summed E-state index contributed by atoms with van der Waals surface area (Å²) >= 11 is 0. The number of ether oxygens (including phenoxy) is 1. The molecular formula is C25H33N7O2. The number of anilines is 2. The molecule has 1 aromatic carbocycles. The summed E-state index contributed by atoms with van der Waals surface area (Å²) in [6.07, 6.45) is 4.55. The Hall–Kier alpha value is -3.30. The van der Waals surface area contributed by atoms with E-state index in [1.54, 1.807) is 13.3 Å². The molecule has 1 fully saturated rings. The fourth-order valence-electron chi connectivity index (χ4n) is 4.22.